The first kappa shape index (κ1) is 13.1. The summed E-state index contributed by atoms with van der Waals surface area (Å²) in [4.78, 5) is 0. The van der Waals surface area contributed by atoms with E-state index in [-0.39, 0.29) is 0 Å². The van der Waals surface area contributed by atoms with Gasteiger partial charge >= 0.3 is 0 Å². The summed E-state index contributed by atoms with van der Waals surface area (Å²) in [6.45, 7) is 4.50. The maximum Gasteiger partial charge on any atom is 0.184 e. The molecule has 1 saturated heterocycles. The van der Waals surface area contributed by atoms with Crippen LogP contribution in [0, 0.1) is 12.8 Å². The lowest BCUT2D eigenvalue weighted by Gasteiger charge is -2.22. The lowest BCUT2D eigenvalue weighted by atomic mass is 10.00. The van der Waals surface area contributed by atoms with Gasteiger partial charge in [0.1, 0.15) is 0 Å². The highest BCUT2D eigenvalue weighted by molar-refractivity contribution is 5.74. The van der Waals surface area contributed by atoms with Crippen LogP contribution < -0.4 is 5.73 Å². The number of nitrogens with two attached hydrogens (primary N) is 1. The topological polar surface area (TPSA) is 78.9 Å². The summed E-state index contributed by atoms with van der Waals surface area (Å²) in [6.07, 6.45) is 2.12. The van der Waals surface area contributed by atoms with E-state index in [9.17, 15) is 0 Å². The molecule has 0 aliphatic carbocycles. The van der Waals surface area contributed by atoms with Crippen LogP contribution in [-0.4, -0.2) is 33.4 Å². The van der Waals surface area contributed by atoms with E-state index >= 15 is 0 Å². The average molecular weight is 273 g/mol. The number of tetrazole rings is 1. The number of aromatic nitrogens is 4. The van der Waals surface area contributed by atoms with Crippen molar-refractivity contribution in [3.05, 3.63) is 23.8 Å². The molecule has 6 nitrogen and oxygen atoms in total. The molecule has 1 aromatic carbocycles. The third kappa shape index (κ3) is 2.51. The van der Waals surface area contributed by atoms with Crippen molar-refractivity contribution in [3.8, 4) is 11.4 Å². The maximum atomic E-state index is 6.09. The molecule has 106 valence electrons. The molecule has 20 heavy (non-hydrogen) atoms. The Morgan fingerprint density at radius 3 is 2.90 bits per heavy atom. The van der Waals surface area contributed by atoms with Crippen molar-refractivity contribution in [3.63, 3.8) is 0 Å². The largest absolute Gasteiger partial charge is 0.398 e. The molecule has 0 atom stereocenters. The molecule has 2 aromatic rings. The van der Waals surface area contributed by atoms with Crippen LogP contribution in [0.2, 0.25) is 0 Å². The predicted molar refractivity (Wildman–Crippen MR) is 75.9 cm³/mol. The minimum atomic E-state index is 0.566. The van der Waals surface area contributed by atoms with Crippen molar-refractivity contribution >= 4 is 5.69 Å². The van der Waals surface area contributed by atoms with Gasteiger partial charge in [-0.1, -0.05) is 12.1 Å². The van der Waals surface area contributed by atoms with Gasteiger partial charge in [-0.2, -0.15) is 0 Å². The second-order valence-corrected chi connectivity index (χ2v) is 5.28. The molecule has 0 bridgehead atoms. The summed E-state index contributed by atoms with van der Waals surface area (Å²) in [7, 11) is 0. The molecule has 1 fully saturated rings. The quantitative estimate of drug-likeness (QED) is 0.860. The van der Waals surface area contributed by atoms with E-state index in [1.54, 1.807) is 0 Å². The normalized spacial score (nSPS) is 16.4. The summed E-state index contributed by atoms with van der Waals surface area (Å²) in [6, 6.07) is 5.86. The number of ether oxygens (including phenoxy) is 1. The van der Waals surface area contributed by atoms with Gasteiger partial charge in [-0.3, -0.25) is 0 Å². The number of benzene rings is 1. The zero-order chi connectivity index (χ0) is 13.9. The Hall–Kier alpha value is -1.95. The molecule has 0 radical (unpaired) electrons. The van der Waals surface area contributed by atoms with Gasteiger partial charge in [0.15, 0.2) is 5.82 Å². The Morgan fingerprint density at radius 1 is 1.35 bits per heavy atom. The molecule has 6 heteroatoms. The monoisotopic (exact) mass is 273 g/mol. The smallest absolute Gasteiger partial charge is 0.184 e. The SMILES string of the molecule is Cc1cccc(N)c1-c1nnnn1CC1CCOCC1. The first-order valence-electron chi connectivity index (χ1n) is 6.95. The van der Waals surface area contributed by atoms with E-state index in [0.29, 0.717) is 11.6 Å². The molecule has 0 spiro atoms. The van der Waals surface area contributed by atoms with Crippen molar-refractivity contribution in [2.24, 2.45) is 5.92 Å². The van der Waals surface area contributed by atoms with E-state index in [0.717, 1.165) is 49.6 Å². The van der Waals surface area contributed by atoms with Crippen molar-refractivity contribution in [2.75, 3.05) is 18.9 Å². The van der Waals surface area contributed by atoms with Crippen molar-refractivity contribution in [1.29, 1.82) is 0 Å². The summed E-state index contributed by atoms with van der Waals surface area (Å²) in [5, 5.41) is 12.1. The zero-order valence-corrected chi connectivity index (χ0v) is 11.6. The van der Waals surface area contributed by atoms with E-state index in [2.05, 4.69) is 15.5 Å². The Labute approximate surface area is 117 Å². The highest BCUT2D eigenvalue weighted by Gasteiger charge is 2.19. The Bertz CT molecular complexity index is 569. The predicted octanol–water partition coefficient (Wildman–Crippen LogP) is 1.66. The number of hydrogen-bond acceptors (Lipinski definition) is 5. The number of aryl methyl sites for hydroxylation is 1. The fourth-order valence-electron chi connectivity index (χ4n) is 2.68. The minimum absolute atomic E-state index is 0.566. The van der Waals surface area contributed by atoms with E-state index in [1.165, 1.54) is 0 Å². The van der Waals surface area contributed by atoms with Gasteiger partial charge in [0.25, 0.3) is 0 Å². The first-order chi connectivity index (χ1) is 9.75. The number of rotatable bonds is 3. The standard InChI is InChI=1S/C14H19N5O/c1-10-3-2-4-12(15)13(10)14-16-17-18-19(14)9-11-5-7-20-8-6-11/h2-4,11H,5-9,15H2,1H3. The van der Waals surface area contributed by atoms with Gasteiger partial charge in [-0.05, 0) is 47.7 Å². The van der Waals surface area contributed by atoms with Crippen molar-refractivity contribution in [1.82, 2.24) is 20.2 Å². The maximum absolute atomic E-state index is 6.09. The molecule has 1 aliphatic rings. The first-order valence-corrected chi connectivity index (χ1v) is 6.95. The van der Waals surface area contributed by atoms with E-state index in [1.807, 2.05) is 29.8 Å². The fourth-order valence-corrected chi connectivity index (χ4v) is 2.68. The van der Waals surface area contributed by atoms with Gasteiger partial charge in [0, 0.05) is 31.0 Å². The molecule has 0 amide bonds. The van der Waals surface area contributed by atoms with Crippen LogP contribution in [0.5, 0.6) is 0 Å². The van der Waals surface area contributed by atoms with Crippen LogP contribution in [0.25, 0.3) is 11.4 Å². The highest BCUT2D eigenvalue weighted by Crippen LogP contribution is 2.28. The Morgan fingerprint density at radius 2 is 2.15 bits per heavy atom. The fraction of sp³-hybridized carbons (Fsp3) is 0.500. The molecular weight excluding hydrogens is 254 g/mol. The number of nitrogen functional groups attached to an aromatic ring is 1. The highest BCUT2D eigenvalue weighted by atomic mass is 16.5. The average Bonchev–Trinajstić information content (AvgIpc) is 2.88. The second-order valence-electron chi connectivity index (χ2n) is 5.28. The summed E-state index contributed by atoms with van der Waals surface area (Å²) in [5.41, 5.74) is 8.83. The van der Waals surface area contributed by atoms with Crippen LogP contribution in [0.3, 0.4) is 0 Å². The lowest BCUT2D eigenvalue weighted by molar-refractivity contribution is 0.0601. The summed E-state index contributed by atoms with van der Waals surface area (Å²) >= 11 is 0. The molecule has 2 heterocycles. The molecular formula is C14H19N5O. The van der Waals surface area contributed by atoms with Crippen LogP contribution in [0.15, 0.2) is 18.2 Å². The molecule has 0 saturated carbocycles. The summed E-state index contributed by atoms with van der Waals surface area (Å²) in [5.74, 6) is 1.32. The van der Waals surface area contributed by atoms with Crippen molar-refractivity contribution in [2.45, 2.75) is 26.3 Å². The molecule has 1 aromatic heterocycles. The number of hydrogen-bond donors (Lipinski definition) is 1. The molecule has 2 N–H and O–H groups in total. The van der Waals surface area contributed by atoms with E-state index in [4.69, 9.17) is 10.5 Å². The third-order valence-corrected chi connectivity index (χ3v) is 3.83. The van der Waals surface area contributed by atoms with Crippen molar-refractivity contribution < 1.29 is 4.74 Å². The third-order valence-electron chi connectivity index (χ3n) is 3.83. The Balaban J connectivity index is 1.89. The summed E-state index contributed by atoms with van der Waals surface area (Å²) < 4.78 is 7.26. The number of nitrogens with zero attached hydrogens (tertiary/aromatic N) is 4. The van der Waals surface area contributed by atoms with Gasteiger partial charge in [-0.15, -0.1) is 5.10 Å². The van der Waals surface area contributed by atoms with Crippen LogP contribution in [0.1, 0.15) is 18.4 Å². The van der Waals surface area contributed by atoms with E-state index < -0.39 is 0 Å². The van der Waals surface area contributed by atoms with Gasteiger partial charge < -0.3 is 10.5 Å². The van der Waals surface area contributed by atoms with Gasteiger partial charge in [-0.25, -0.2) is 4.68 Å². The second kappa shape index (κ2) is 5.58. The van der Waals surface area contributed by atoms with Gasteiger partial charge in [0.05, 0.1) is 0 Å². The molecule has 1 aliphatic heterocycles. The minimum Gasteiger partial charge on any atom is -0.398 e. The van der Waals surface area contributed by atoms with Crippen LogP contribution >= 0.6 is 0 Å². The Kier molecular flexibility index (Phi) is 3.64. The molecule has 3 rings (SSSR count). The van der Waals surface area contributed by atoms with Crippen LogP contribution in [0.4, 0.5) is 5.69 Å². The van der Waals surface area contributed by atoms with Gasteiger partial charge in [0.2, 0.25) is 0 Å². The molecule has 0 unspecified atom stereocenters. The number of anilines is 1. The van der Waals surface area contributed by atoms with Crippen LogP contribution in [-0.2, 0) is 11.3 Å². The zero-order valence-electron chi connectivity index (χ0n) is 11.6. The lowest BCUT2D eigenvalue weighted by Crippen LogP contribution is -2.21.